The lowest BCUT2D eigenvalue weighted by Gasteiger charge is -2.15. The smallest absolute Gasteiger partial charge is 0.148 e. The highest BCUT2D eigenvalue weighted by atomic mass is 32.2. The van der Waals surface area contributed by atoms with Crippen molar-refractivity contribution in [2.45, 2.75) is 32.1 Å². The molecule has 104 valence electrons. The summed E-state index contributed by atoms with van der Waals surface area (Å²) in [5.74, 6) is 12.0. The van der Waals surface area contributed by atoms with E-state index >= 15 is 0 Å². The van der Waals surface area contributed by atoms with E-state index in [0.29, 0.717) is 5.92 Å². The van der Waals surface area contributed by atoms with Crippen LogP contribution in [-0.4, -0.2) is 28.0 Å². The Bertz CT molecular complexity index is 455. The minimum Gasteiger partial charge on any atom is -0.369 e. The first kappa shape index (κ1) is 13.0. The van der Waals surface area contributed by atoms with Gasteiger partial charge in [-0.1, -0.05) is 0 Å². The lowest BCUT2D eigenvalue weighted by molar-refractivity contribution is 0.629. The fourth-order valence-corrected chi connectivity index (χ4v) is 3.64. The molecule has 2 heterocycles. The van der Waals surface area contributed by atoms with E-state index in [-0.39, 0.29) is 0 Å². The predicted octanol–water partition coefficient (Wildman–Crippen LogP) is 2.11. The Balaban J connectivity index is 1.75. The largest absolute Gasteiger partial charge is 0.369 e. The van der Waals surface area contributed by atoms with Crippen LogP contribution >= 0.6 is 11.8 Å². The molecule has 1 unspecified atom stereocenters. The molecule has 1 aromatic heterocycles. The summed E-state index contributed by atoms with van der Waals surface area (Å²) in [7, 11) is 0. The number of hydrogen-bond donors (Lipinski definition) is 3. The standard InChI is InChI=1S/C13H21N5S/c1-8-11(15-6-9-4-5-19-7-9)16-13(10-2-3-10)17-12(8)18-14/h9-10H,2-7,14H2,1H3,(H2,15,16,17,18). The van der Waals surface area contributed by atoms with E-state index in [9.17, 15) is 0 Å². The van der Waals surface area contributed by atoms with Gasteiger partial charge in [0.1, 0.15) is 17.5 Å². The normalized spacial score (nSPS) is 22.5. The molecule has 4 N–H and O–H groups in total. The molecule has 2 fully saturated rings. The number of rotatable bonds is 5. The molecule has 3 rings (SSSR count). The highest BCUT2D eigenvalue weighted by molar-refractivity contribution is 7.99. The van der Waals surface area contributed by atoms with Gasteiger partial charge in [-0.25, -0.2) is 15.8 Å². The first-order valence-electron chi connectivity index (χ1n) is 6.94. The first-order valence-corrected chi connectivity index (χ1v) is 8.10. The zero-order valence-electron chi connectivity index (χ0n) is 11.3. The van der Waals surface area contributed by atoms with Crippen LogP contribution in [0.5, 0.6) is 0 Å². The molecule has 1 atom stereocenters. The Kier molecular flexibility index (Phi) is 3.79. The molecule has 1 aliphatic carbocycles. The molecule has 2 aliphatic rings. The number of nitrogens with one attached hydrogen (secondary N) is 2. The molecule has 0 amide bonds. The van der Waals surface area contributed by atoms with E-state index in [1.54, 1.807) is 0 Å². The van der Waals surface area contributed by atoms with Crippen molar-refractivity contribution in [3.63, 3.8) is 0 Å². The van der Waals surface area contributed by atoms with Crippen LogP contribution in [-0.2, 0) is 0 Å². The molecule has 1 saturated heterocycles. The minimum absolute atomic E-state index is 0.537. The topological polar surface area (TPSA) is 75.9 Å². The maximum absolute atomic E-state index is 5.56. The van der Waals surface area contributed by atoms with E-state index in [0.717, 1.165) is 35.5 Å². The van der Waals surface area contributed by atoms with Crippen molar-refractivity contribution < 1.29 is 0 Å². The van der Waals surface area contributed by atoms with Crippen LogP contribution in [0.15, 0.2) is 0 Å². The van der Waals surface area contributed by atoms with Crippen molar-refractivity contribution >= 4 is 23.4 Å². The number of nitrogens with two attached hydrogens (primary N) is 1. The second-order valence-electron chi connectivity index (χ2n) is 5.43. The maximum atomic E-state index is 5.56. The fourth-order valence-electron chi connectivity index (χ4n) is 2.36. The summed E-state index contributed by atoms with van der Waals surface area (Å²) < 4.78 is 0. The maximum Gasteiger partial charge on any atom is 0.148 e. The lowest BCUT2D eigenvalue weighted by atomic mass is 10.1. The van der Waals surface area contributed by atoms with Gasteiger partial charge in [-0.05, 0) is 43.6 Å². The average molecular weight is 279 g/mol. The van der Waals surface area contributed by atoms with Gasteiger partial charge in [-0.15, -0.1) is 0 Å². The number of anilines is 2. The molecule has 19 heavy (non-hydrogen) atoms. The molecule has 5 nitrogen and oxygen atoms in total. The molecule has 0 aromatic carbocycles. The Morgan fingerprint density at radius 2 is 2.05 bits per heavy atom. The molecule has 0 spiro atoms. The number of thioether (sulfide) groups is 1. The summed E-state index contributed by atoms with van der Waals surface area (Å²) in [5.41, 5.74) is 3.70. The van der Waals surface area contributed by atoms with Gasteiger partial charge in [0.2, 0.25) is 0 Å². The molecular weight excluding hydrogens is 258 g/mol. The van der Waals surface area contributed by atoms with Crippen molar-refractivity contribution in [3.8, 4) is 0 Å². The van der Waals surface area contributed by atoms with Crippen LogP contribution in [0.3, 0.4) is 0 Å². The van der Waals surface area contributed by atoms with E-state index in [2.05, 4.69) is 20.7 Å². The van der Waals surface area contributed by atoms with Crippen LogP contribution in [0.1, 0.15) is 36.6 Å². The van der Waals surface area contributed by atoms with E-state index in [1.807, 2.05) is 18.7 Å². The van der Waals surface area contributed by atoms with Crippen LogP contribution in [0.4, 0.5) is 11.6 Å². The van der Waals surface area contributed by atoms with Crippen molar-refractivity contribution in [1.29, 1.82) is 0 Å². The average Bonchev–Trinajstić information content (AvgIpc) is 3.14. The van der Waals surface area contributed by atoms with Gasteiger partial charge in [-0.3, -0.25) is 0 Å². The van der Waals surface area contributed by atoms with Gasteiger partial charge < -0.3 is 10.7 Å². The number of nitrogens with zero attached hydrogens (tertiary/aromatic N) is 2. The summed E-state index contributed by atoms with van der Waals surface area (Å²) >= 11 is 2.04. The molecule has 1 aliphatic heterocycles. The number of hydrazine groups is 1. The Hall–Kier alpha value is -1.01. The fraction of sp³-hybridized carbons (Fsp3) is 0.692. The monoisotopic (exact) mass is 279 g/mol. The van der Waals surface area contributed by atoms with E-state index in [4.69, 9.17) is 5.84 Å². The van der Waals surface area contributed by atoms with Crippen LogP contribution < -0.4 is 16.6 Å². The second kappa shape index (κ2) is 5.54. The minimum atomic E-state index is 0.537. The highest BCUT2D eigenvalue weighted by Crippen LogP contribution is 2.39. The molecule has 0 bridgehead atoms. The van der Waals surface area contributed by atoms with Gasteiger partial charge >= 0.3 is 0 Å². The van der Waals surface area contributed by atoms with Gasteiger partial charge in [0.15, 0.2) is 0 Å². The molecule has 1 saturated carbocycles. The van der Waals surface area contributed by atoms with E-state index in [1.165, 1.54) is 30.8 Å². The van der Waals surface area contributed by atoms with Crippen LogP contribution in [0.2, 0.25) is 0 Å². The molecular formula is C13H21N5S. The SMILES string of the molecule is Cc1c(NN)nc(C2CC2)nc1NCC1CCSC1. The van der Waals surface area contributed by atoms with Gasteiger partial charge in [0.05, 0.1) is 0 Å². The van der Waals surface area contributed by atoms with Gasteiger partial charge in [0.25, 0.3) is 0 Å². The number of nitrogen functional groups attached to an aromatic ring is 1. The quantitative estimate of drug-likeness (QED) is 0.566. The summed E-state index contributed by atoms with van der Waals surface area (Å²) in [4.78, 5) is 9.18. The lowest BCUT2D eigenvalue weighted by Crippen LogP contribution is -2.18. The highest BCUT2D eigenvalue weighted by Gasteiger charge is 2.28. The molecule has 6 heteroatoms. The van der Waals surface area contributed by atoms with Crippen molar-refractivity contribution in [1.82, 2.24) is 9.97 Å². The van der Waals surface area contributed by atoms with Gasteiger partial charge in [-0.2, -0.15) is 11.8 Å². The first-order chi connectivity index (χ1) is 9.28. The number of hydrogen-bond acceptors (Lipinski definition) is 6. The summed E-state index contributed by atoms with van der Waals surface area (Å²) in [6.45, 7) is 3.01. The van der Waals surface area contributed by atoms with Crippen molar-refractivity contribution in [2.75, 3.05) is 28.8 Å². The Morgan fingerprint density at radius 3 is 2.68 bits per heavy atom. The summed E-state index contributed by atoms with van der Waals surface area (Å²) in [6.07, 6.45) is 3.71. The molecule has 1 aromatic rings. The number of aromatic nitrogens is 2. The third-order valence-corrected chi connectivity index (χ3v) is 5.06. The zero-order chi connectivity index (χ0) is 13.2. The third-order valence-electron chi connectivity index (χ3n) is 3.82. The predicted molar refractivity (Wildman–Crippen MR) is 80.5 cm³/mol. The second-order valence-corrected chi connectivity index (χ2v) is 6.58. The van der Waals surface area contributed by atoms with Gasteiger partial charge in [0, 0.05) is 18.0 Å². The van der Waals surface area contributed by atoms with Crippen molar-refractivity contribution in [3.05, 3.63) is 11.4 Å². The summed E-state index contributed by atoms with van der Waals surface area (Å²) in [6, 6.07) is 0. The Morgan fingerprint density at radius 1 is 1.26 bits per heavy atom. The molecule has 0 radical (unpaired) electrons. The summed E-state index contributed by atoms with van der Waals surface area (Å²) in [5, 5.41) is 3.49. The zero-order valence-corrected chi connectivity index (χ0v) is 12.1. The van der Waals surface area contributed by atoms with Crippen LogP contribution in [0.25, 0.3) is 0 Å². The Labute approximate surface area is 118 Å². The third kappa shape index (κ3) is 2.95. The van der Waals surface area contributed by atoms with E-state index < -0.39 is 0 Å². The van der Waals surface area contributed by atoms with Crippen molar-refractivity contribution in [2.24, 2.45) is 11.8 Å². The van der Waals surface area contributed by atoms with Crippen LogP contribution in [0, 0.1) is 12.8 Å².